The van der Waals surface area contributed by atoms with E-state index in [-0.39, 0.29) is 5.91 Å². The van der Waals surface area contributed by atoms with E-state index in [0.29, 0.717) is 30.5 Å². The molecule has 6 heteroatoms. The van der Waals surface area contributed by atoms with Gasteiger partial charge in [0.25, 0.3) is 0 Å². The number of carbonyl (C=O) groups excluding carboxylic acids is 1. The summed E-state index contributed by atoms with van der Waals surface area (Å²) in [5, 5.41) is 3.66. The molecule has 3 aromatic carbocycles. The zero-order valence-electron chi connectivity index (χ0n) is 24.1. The van der Waals surface area contributed by atoms with E-state index in [1.807, 2.05) is 24.3 Å². The van der Waals surface area contributed by atoms with Gasteiger partial charge >= 0.3 is 0 Å². The molecule has 212 valence electrons. The Balaban J connectivity index is 1.22. The van der Waals surface area contributed by atoms with E-state index in [9.17, 15) is 4.79 Å². The van der Waals surface area contributed by atoms with Gasteiger partial charge in [0.15, 0.2) is 0 Å². The van der Waals surface area contributed by atoms with Gasteiger partial charge in [0.1, 0.15) is 11.6 Å². The Morgan fingerprint density at radius 2 is 1.77 bits per heavy atom. The molecule has 0 bridgehead atoms. The number of nitrogens with one attached hydrogen (secondary N) is 1. The summed E-state index contributed by atoms with van der Waals surface area (Å²) in [5.74, 6) is 2.62. The monoisotopic (exact) mass is 559 g/mol. The summed E-state index contributed by atoms with van der Waals surface area (Å²) in [5.41, 5.74) is 5.62. The molecule has 4 rings (SSSR count). The lowest BCUT2D eigenvalue weighted by atomic mass is 10.0. The molecule has 0 aliphatic heterocycles. The Kier molecular flexibility index (Phi) is 11.1. The molecular formula is C34H42ClN3O2. The van der Waals surface area contributed by atoms with Crippen LogP contribution in [0.2, 0.25) is 5.02 Å². The number of rotatable bonds is 15. The molecule has 1 amide bonds. The van der Waals surface area contributed by atoms with Crippen molar-refractivity contribution in [3.8, 4) is 5.75 Å². The van der Waals surface area contributed by atoms with Crippen LogP contribution in [0.4, 0.5) is 0 Å². The number of fused-ring (bicyclic) bond motifs is 1. The Hall–Kier alpha value is -3.31. The van der Waals surface area contributed by atoms with Crippen LogP contribution in [0.1, 0.15) is 74.4 Å². The minimum absolute atomic E-state index is 0.0155. The van der Waals surface area contributed by atoms with Crippen LogP contribution in [0.25, 0.3) is 11.0 Å². The van der Waals surface area contributed by atoms with E-state index >= 15 is 0 Å². The smallest absolute Gasteiger partial charge is 0.224 e. The minimum Gasteiger partial charge on any atom is -0.493 e. The van der Waals surface area contributed by atoms with Crippen LogP contribution in [0.3, 0.4) is 0 Å². The first-order chi connectivity index (χ1) is 19.4. The maximum Gasteiger partial charge on any atom is 0.224 e. The molecular weight excluding hydrogens is 518 g/mol. The predicted octanol–water partition coefficient (Wildman–Crippen LogP) is 8.05. The molecule has 0 fully saturated rings. The van der Waals surface area contributed by atoms with Crippen LogP contribution in [-0.2, 0) is 24.2 Å². The fraction of sp³-hybridized carbons (Fsp3) is 0.412. The molecule has 1 N–H and O–H groups in total. The zero-order chi connectivity index (χ0) is 28.3. The standard InChI is InChI=1S/C34H42ClN3O2/c1-25(2)28-19-18-26(3)23-32(28)40-22-12-11-21-38-31-16-9-8-15-30(31)37-33(38)17-5-4-10-20-36-34(39)24-27-13-6-7-14-29(27)35/h6-9,13-16,18-19,23,25H,4-5,10-12,17,20-22,24H2,1-3H3,(H,36,39). The summed E-state index contributed by atoms with van der Waals surface area (Å²) in [6.07, 6.45) is 6.30. The molecule has 0 radical (unpaired) electrons. The van der Waals surface area contributed by atoms with E-state index < -0.39 is 0 Å². The van der Waals surface area contributed by atoms with Crippen LogP contribution >= 0.6 is 11.6 Å². The van der Waals surface area contributed by atoms with Crippen LogP contribution in [0.5, 0.6) is 5.75 Å². The highest BCUT2D eigenvalue weighted by Crippen LogP contribution is 2.28. The second kappa shape index (κ2) is 14.9. The average Bonchev–Trinajstić information content (AvgIpc) is 3.29. The molecule has 40 heavy (non-hydrogen) atoms. The quantitative estimate of drug-likeness (QED) is 0.150. The third-order valence-electron chi connectivity index (χ3n) is 7.27. The van der Waals surface area contributed by atoms with Gasteiger partial charge in [-0.2, -0.15) is 0 Å². The number of carbonyl (C=O) groups is 1. The van der Waals surface area contributed by atoms with Crippen molar-refractivity contribution in [2.24, 2.45) is 0 Å². The number of unbranched alkanes of at least 4 members (excludes halogenated alkanes) is 3. The Morgan fingerprint density at radius 3 is 2.60 bits per heavy atom. The fourth-order valence-electron chi connectivity index (χ4n) is 5.05. The van der Waals surface area contributed by atoms with E-state index in [1.54, 1.807) is 0 Å². The van der Waals surface area contributed by atoms with Crippen molar-refractivity contribution in [1.82, 2.24) is 14.9 Å². The number of halogens is 1. The van der Waals surface area contributed by atoms with E-state index in [1.165, 1.54) is 16.6 Å². The lowest BCUT2D eigenvalue weighted by Crippen LogP contribution is -2.26. The molecule has 0 aliphatic rings. The SMILES string of the molecule is Cc1ccc(C(C)C)c(OCCCCn2c(CCCCCNC(=O)Cc3ccccc3Cl)nc3ccccc32)c1. The molecule has 0 saturated carbocycles. The number of imidazole rings is 1. The number of benzene rings is 3. The predicted molar refractivity (Wildman–Crippen MR) is 165 cm³/mol. The molecule has 1 heterocycles. The second-order valence-corrected chi connectivity index (χ2v) is 11.3. The largest absolute Gasteiger partial charge is 0.493 e. The van der Waals surface area contributed by atoms with Gasteiger partial charge < -0.3 is 14.6 Å². The third kappa shape index (κ3) is 8.34. The van der Waals surface area contributed by atoms with Crippen LogP contribution in [0.15, 0.2) is 66.7 Å². The Morgan fingerprint density at radius 1 is 0.975 bits per heavy atom. The highest BCUT2D eigenvalue weighted by Gasteiger charge is 2.12. The first kappa shape index (κ1) is 29.7. The summed E-state index contributed by atoms with van der Waals surface area (Å²) in [7, 11) is 0. The number of aryl methyl sites for hydroxylation is 3. The lowest BCUT2D eigenvalue weighted by molar-refractivity contribution is -0.120. The van der Waals surface area contributed by atoms with Crippen LogP contribution in [0, 0.1) is 6.92 Å². The summed E-state index contributed by atoms with van der Waals surface area (Å²) < 4.78 is 8.60. The van der Waals surface area contributed by atoms with Gasteiger partial charge in [-0.3, -0.25) is 4.79 Å². The average molecular weight is 560 g/mol. The molecule has 0 aliphatic carbocycles. The molecule has 0 unspecified atom stereocenters. The van der Waals surface area contributed by atoms with Crippen molar-refractivity contribution in [3.05, 3.63) is 94.3 Å². The molecule has 0 atom stereocenters. The number of para-hydroxylation sites is 2. The minimum atomic E-state index is 0.0155. The summed E-state index contributed by atoms with van der Waals surface area (Å²) in [6, 6.07) is 22.4. The maximum atomic E-state index is 12.3. The highest BCUT2D eigenvalue weighted by atomic mass is 35.5. The zero-order valence-corrected chi connectivity index (χ0v) is 24.8. The fourth-order valence-corrected chi connectivity index (χ4v) is 5.26. The van der Waals surface area contributed by atoms with Gasteiger partial charge in [0, 0.05) is 24.5 Å². The summed E-state index contributed by atoms with van der Waals surface area (Å²) in [4.78, 5) is 17.2. The van der Waals surface area contributed by atoms with Gasteiger partial charge in [-0.1, -0.05) is 74.3 Å². The van der Waals surface area contributed by atoms with Gasteiger partial charge in [-0.05, 0) is 79.5 Å². The van der Waals surface area contributed by atoms with Crippen molar-refractivity contribution in [1.29, 1.82) is 0 Å². The molecule has 0 saturated heterocycles. The van der Waals surface area contributed by atoms with Crippen LogP contribution in [-0.4, -0.2) is 28.6 Å². The number of ether oxygens (including phenoxy) is 1. The second-order valence-electron chi connectivity index (χ2n) is 10.8. The molecule has 4 aromatic rings. The van der Waals surface area contributed by atoms with Gasteiger partial charge in [0.05, 0.1) is 24.1 Å². The first-order valence-electron chi connectivity index (χ1n) is 14.6. The highest BCUT2D eigenvalue weighted by molar-refractivity contribution is 6.31. The maximum absolute atomic E-state index is 12.3. The third-order valence-corrected chi connectivity index (χ3v) is 7.64. The number of amides is 1. The van der Waals surface area contributed by atoms with E-state index in [4.69, 9.17) is 21.3 Å². The summed E-state index contributed by atoms with van der Waals surface area (Å²) >= 11 is 6.17. The molecule has 1 aromatic heterocycles. The van der Waals surface area contributed by atoms with E-state index in [0.717, 1.165) is 67.7 Å². The first-order valence-corrected chi connectivity index (χ1v) is 15.0. The van der Waals surface area contributed by atoms with Crippen molar-refractivity contribution in [2.75, 3.05) is 13.2 Å². The van der Waals surface area contributed by atoms with Crippen molar-refractivity contribution < 1.29 is 9.53 Å². The number of hydrogen-bond donors (Lipinski definition) is 1. The van der Waals surface area contributed by atoms with Crippen LogP contribution < -0.4 is 10.1 Å². The van der Waals surface area contributed by atoms with Crippen molar-refractivity contribution in [3.63, 3.8) is 0 Å². The molecule has 5 nitrogen and oxygen atoms in total. The van der Waals surface area contributed by atoms with Gasteiger partial charge in [-0.15, -0.1) is 0 Å². The lowest BCUT2D eigenvalue weighted by Gasteiger charge is -2.15. The van der Waals surface area contributed by atoms with Crippen molar-refractivity contribution in [2.45, 2.75) is 78.2 Å². The van der Waals surface area contributed by atoms with E-state index in [2.05, 4.69) is 73.1 Å². The van der Waals surface area contributed by atoms with Crippen molar-refractivity contribution >= 4 is 28.5 Å². The topological polar surface area (TPSA) is 56.1 Å². The number of nitrogens with zero attached hydrogens (tertiary/aromatic N) is 2. The number of aromatic nitrogens is 2. The normalized spacial score (nSPS) is 11.3. The summed E-state index contributed by atoms with van der Waals surface area (Å²) in [6.45, 7) is 8.86. The Labute approximate surface area is 243 Å². The Bertz CT molecular complexity index is 1400. The van der Waals surface area contributed by atoms with Gasteiger partial charge in [-0.25, -0.2) is 4.98 Å². The van der Waals surface area contributed by atoms with Gasteiger partial charge in [0.2, 0.25) is 5.91 Å². The molecule has 0 spiro atoms. The number of hydrogen-bond acceptors (Lipinski definition) is 3.